The van der Waals surface area contributed by atoms with E-state index in [-0.39, 0.29) is 0 Å². The zero-order valence-electron chi connectivity index (χ0n) is 28.0. The maximum atomic E-state index is 5.06. The molecule has 6 rings (SSSR count). The molecule has 0 unspecified atom stereocenters. The zero-order valence-corrected chi connectivity index (χ0v) is 28.0. The van der Waals surface area contributed by atoms with E-state index in [0.29, 0.717) is 6.54 Å². The molecule has 49 heavy (non-hydrogen) atoms. The number of allylic oxidation sites excluding steroid dienone is 8. The van der Waals surface area contributed by atoms with Crippen molar-refractivity contribution in [2.24, 2.45) is 9.98 Å². The second kappa shape index (κ2) is 16.2. The highest BCUT2D eigenvalue weighted by Crippen LogP contribution is 2.30. The van der Waals surface area contributed by atoms with Gasteiger partial charge in [0.05, 0.1) is 18.0 Å². The Hall–Kier alpha value is -6.06. The van der Waals surface area contributed by atoms with E-state index in [1.807, 2.05) is 54.6 Å². The fraction of sp³-hybridized carbons (Fsp3) is 0.0870. The summed E-state index contributed by atoms with van der Waals surface area (Å²) in [6, 6.07) is 42.2. The topological polar surface area (TPSA) is 28.0 Å². The van der Waals surface area contributed by atoms with Gasteiger partial charge in [0.2, 0.25) is 0 Å². The second-order valence-electron chi connectivity index (χ2n) is 11.9. The van der Waals surface area contributed by atoms with Gasteiger partial charge in [0.25, 0.3) is 0 Å². The maximum Gasteiger partial charge on any atom is 0.0716 e. The van der Waals surface area contributed by atoms with Crippen LogP contribution < -0.4 is 4.90 Å². The summed E-state index contributed by atoms with van der Waals surface area (Å²) in [6.07, 6.45) is 18.7. The standard InChI is InChI=1S/C46H41N3/c1-4-43(49-35(2)17-8-5-13-23-40-24-14-15-26-46(40)49)25-16-18-36-27-29-42-32-37(28-30-41(42)31-36)34-48-45(39-21-11-7-12-22-39)33-44(47-3)38-19-9-6-10-20-38/h4-17,19-22,24-33H,2-3,18,23,34H2,1H3/b13-5-,17-8-,25-16-,43-4+,44-33-,48-45?. The third kappa shape index (κ3) is 8.27. The summed E-state index contributed by atoms with van der Waals surface area (Å²) in [5.74, 6) is 0. The molecule has 1 aliphatic heterocycles. The molecule has 0 bridgehead atoms. The summed E-state index contributed by atoms with van der Waals surface area (Å²) in [7, 11) is 0. The van der Waals surface area contributed by atoms with Gasteiger partial charge in [-0.25, -0.2) is 0 Å². The number of rotatable bonds is 10. The molecule has 0 atom stereocenters. The lowest BCUT2D eigenvalue weighted by Crippen LogP contribution is -2.20. The number of hydrogen-bond donors (Lipinski definition) is 0. The first-order chi connectivity index (χ1) is 24.1. The Morgan fingerprint density at radius 1 is 0.776 bits per heavy atom. The SMILES string of the molecule is C=N/C(=C\C(=NCc1ccc2cc(C/C=C\C(=C/C)N3C(=C)/C=C\C=C/Cc4ccccc43)ccc2c1)c1ccccc1)c1ccccc1. The number of para-hydroxylation sites is 1. The van der Waals surface area contributed by atoms with Gasteiger partial charge >= 0.3 is 0 Å². The molecule has 0 aromatic heterocycles. The van der Waals surface area contributed by atoms with E-state index >= 15 is 0 Å². The smallest absolute Gasteiger partial charge is 0.0716 e. The van der Waals surface area contributed by atoms with E-state index in [1.165, 1.54) is 21.9 Å². The molecule has 0 radical (unpaired) electrons. The predicted octanol–water partition coefficient (Wildman–Crippen LogP) is 11.3. The van der Waals surface area contributed by atoms with E-state index in [9.17, 15) is 0 Å². The van der Waals surface area contributed by atoms with Gasteiger partial charge in [-0.3, -0.25) is 9.98 Å². The molecule has 5 aromatic carbocycles. The van der Waals surface area contributed by atoms with Crippen LogP contribution in [0.15, 0.2) is 198 Å². The Labute approximate surface area is 290 Å². The van der Waals surface area contributed by atoms with Gasteiger partial charge in [-0.15, -0.1) is 0 Å². The van der Waals surface area contributed by atoms with Crippen molar-refractivity contribution in [1.82, 2.24) is 0 Å². The van der Waals surface area contributed by atoms with Crippen LogP contribution >= 0.6 is 0 Å². The number of fused-ring (bicyclic) bond motifs is 2. The van der Waals surface area contributed by atoms with E-state index in [2.05, 4.69) is 145 Å². The van der Waals surface area contributed by atoms with E-state index in [1.54, 1.807) is 0 Å². The van der Waals surface area contributed by atoms with Crippen LogP contribution in [0, 0.1) is 0 Å². The lowest BCUT2D eigenvalue weighted by atomic mass is 10.0. The predicted molar refractivity (Wildman–Crippen MR) is 211 cm³/mol. The van der Waals surface area contributed by atoms with E-state index in [4.69, 9.17) is 4.99 Å². The normalized spacial score (nSPS) is 15.4. The van der Waals surface area contributed by atoms with E-state index < -0.39 is 0 Å². The summed E-state index contributed by atoms with van der Waals surface area (Å²) in [6.45, 7) is 10.9. The van der Waals surface area contributed by atoms with Crippen LogP contribution in [0.5, 0.6) is 0 Å². The molecular weight excluding hydrogens is 595 g/mol. The second-order valence-corrected chi connectivity index (χ2v) is 11.9. The quantitative estimate of drug-likeness (QED) is 0.111. The Kier molecular flexibility index (Phi) is 10.8. The van der Waals surface area contributed by atoms with Gasteiger partial charge in [-0.1, -0.05) is 146 Å². The first-order valence-electron chi connectivity index (χ1n) is 16.7. The van der Waals surface area contributed by atoms with Crippen molar-refractivity contribution in [2.75, 3.05) is 4.90 Å². The molecule has 0 N–H and O–H groups in total. The monoisotopic (exact) mass is 635 g/mol. The maximum absolute atomic E-state index is 5.06. The highest BCUT2D eigenvalue weighted by molar-refractivity contribution is 6.12. The van der Waals surface area contributed by atoms with Crippen LogP contribution in [0.4, 0.5) is 5.69 Å². The number of nitrogens with zero attached hydrogens (tertiary/aromatic N) is 3. The number of hydrogen-bond acceptors (Lipinski definition) is 3. The van der Waals surface area contributed by atoms with Crippen molar-refractivity contribution >= 4 is 34.6 Å². The van der Waals surface area contributed by atoms with Crippen LogP contribution in [0.3, 0.4) is 0 Å². The Morgan fingerprint density at radius 2 is 1.45 bits per heavy atom. The number of aliphatic imine (C=N–C) groups is 2. The third-order valence-corrected chi connectivity index (χ3v) is 8.57. The summed E-state index contributed by atoms with van der Waals surface area (Å²) < 4.78 is 0. The molecule has 240 valence electrons. The minimum absolute atomic E-state index is 0.558. The largest absolute Gasteiger partial charge is 0.311 e. The Bertz CT molecular complexity index is 2130. The van der Waals surface area contributed by atoms with Crippen LogP contribution in [-0.4, -0.2) is 12.4 Å². The fourth-order valence-corrected chi connectivity index (χ4v) is 6.03. The summed E-state index contributed by atoms with van der Waals surface area (Å²) in [4.78, 5) is 11.6. The molecule has 3 heteroatoms. The van der Waals surface area contributed by atoms with Crippen LogP contribution in [0.25, 0.3) is 16.5 Å². The molecule has 0 saturated carbocycles. The van der Waals surface area contributed by atoms with Gasteiger partial charge in [-0.2, -0.15) is 0 Å². The van der Waals surface area contributed by atoms with Crippen molar-refractivity contribution in [3.63, 3.8) is 0 Å². The van der Waals surface area contributed by atoms with Crippen LogP contribution in [0.1, 0.15) is 34.7 Å². The minimum Gasteiger partial charge on any atom is -0.311 e. The van der Waals surface area contributed by atoms with Crippen molar-refractivity contribution < 1.29 is 0 Å². The average molecular weight is 636 g/mol. The molecule has 0 aliphatic carbocycles. The molecule has 0 saturated heterocycles. The highest BCUT2D eigenvalue weighted by atomic mass is 15.2. The average Bonchev–Trinajstić information content (AvgIpc) is 3.23. The Morgan fingerprint density at radius 3 is 2.18 bits per heavy atom. The molecule has 0 spiro atoms. The number of anilines is 1. The third-order valence-electron chi connectivity index (χ3n) is 8.57. The first kappa shape index (κ1) is 32.9. The van der Waals surface area contributed by atoms with Crippen LogP contribution in [0.2, 0.25) is 0 Å². The Balaban J connectivity index is 1.20. The summed E-state index contributed by atoms with van der Waals surface area (Å²) >= 11 is 0. The molecule has 0 amide bonds. The molecule has 1 heterocycles. The lowest BCUT2D eigenvalue weighted by Gasteiger charge is -2.28. The van der Waals surface area contributed by atoms with Crippen molar-refractivity contribution in [3.05, 3.63) is 216 Å². The lowest BCUT2D eigenvalue weighted by molar-refractivity contribution is 1.07. The van der Waals surface area contributed by atoms with Gasteiger partial charge < -0.3 is 4.90 Å². The first-order valence-corrected chi connectivity index (χ1v) is 16.7. The van der Waals surface area contributed by atoms with Gasteiger partial charge in [0.15, 0.2) is 0 Å². The minimum atomic E-state index is 0.558. The number of benzene rings is 5. The molecule has 1 aliphatic rings. The summed E-state index contributed by atoms with van der Waals surface area (Å²) in [5, 5.41) is 2.42. The van der Waals surface area contributed by atoms with Crippen molar-refractivity contribution in [1.29, 1.82) is 0 Å². The van der Waals surface area contributed by atoms with Gasteiger partial charge in [0, 0.05) is 22.6 Å². The van der Waals surface area contributed by atoms with E-state index in [0.717, 1.165) is 58.0 Å². The molecule has 5 aromatic rings. The van der Waals surface area contributed by atoms with Gasteiger partial charge in [0.1, 0.15) is 0 Å². The zero-order chi connectivity index (χ0) is 33.8. The van der Waals surface area contributed by atoms with Gasteiger partial charge in [-0.05, 0) is 89.9 Å². The highest BCUT2D eigenvalue weighted by Gasteiger charge is 2.15. The molecule has 0 fully saturated rings. The summed E-state index contributed by atoms with van der Waals surface area (Å²) in [5.41, 5.74) is 10.6. The fourth-order valence-electron chi connectivity index (χ4n) is 6.03. The molecule has 3 nitrogen and oxygen atoms in total. The van der Waals surface area contributed by atoms with Crippen molar-refractivity contribution in [3.8, 4) is 0 Å². The molecular formula is C46H41N3. The van der Waals surface area contributed by atoms with Crippen LogP contribution in [-0.2, 0) is 19.4 Å². The van der Waals surface area contributed by atoms with Crippen molar-refractivity contribution in [2.45, 2.75) is 26.3 Å².